The predicted molar refractivity (Wildman–Crippen MR) is 83.1 cm³/mol. The Kier molecular flexibility index (Phi) is 3.90. The molecule has 1 saturated heterocycles. The van der Waals surface area contributed by atoms with E-state index < -0.39 is 0 Å². The van der Waals surface area contributed by atoms with Gasteiger partial charge in [-0.15, -0.1) is 0 Å². The lowest BCUT2D eigenvalue weighted by Crippen LogP contribution is -2.17. The van der Waals surface area contributed by atoms with E-state index in [0.29, 0.717) is 10.7 Å². The van der Waals surface area contributed by atoms with Crippen LogP contribution in [0.1, 0.15) is 11.3 Å². The normalized spacial score (nSPS) is 16.5. The molecule has 0 aliphatic carbocycles. The first-order valence-corrected chi connectivity index (χ1v) is 7.83. The second-order valence-electron chi connectivity index (χ2n) is 4.42. The second kappa shape index (κ2) is 5.83. The average Bonchev–Trinajstić information content (AvgIpc) is 3.00. The predicted octanol–water partition coefficient (Wildman–Crippen LogP) is 4.06. The number of furan rings is 1. The molecule has 1 aliphatic rings. The number of carbonyl (C=O) groups excluding carboxylic acids is 2. The largest absolute Gasteiger partial charge is 0.450 e. The summed E-state index contributed by atoms with van der Waals surface area (Å²) in [5.74, 6) is 0.172. The number of nitrogens with one attached hydrogen (secondary N) is 1. The maximum absolute atomic E-state index is 11.5. The molecule has 0 atom stereocenters. The number of hydrogen-bond donors (Lipinski definition) is 1. The van der Waals surface area contributed by atoms with Gasteiger partial charge in [0, 0.05) is 11.0 Å². The average molecular weight is 317 g/mol. The Morgan fingerprint density at radius 2 is 1.90 bits per heavy atom. The van der Waals surface area contributed by atoms with E-state index in [1.165, 1.54) is 17.3 Å². The fraction of sp³-hybridized carbons (Fsp3) is 0.0667. The third kappa shape index (κ3) is 3.40. The zero-order valence-corrected chi connectivity index (χ0v) is 12.7. The molecule has 6 heteroatoms. The van der Waals surface area contributed by atoms with E-state index in [1.54, 1.807) is 12.1 Å². The van der Waals surface area contributed by atoms with E-state index in [1.807, 2.05) is 37.3 Å². The highest BCUT2D eigenvalue weighted by atomic mass is 32.2. The zero-order chi connectivity index (χ0) is 14.8. The molecule has 3 rings (SSSR count). The van der Waals surface area contributed by atoms with Gasteiger partial charge in [-0.2, -0.15) is 0 Å². The van der Waals surface area contributed by atoms with Crippen molar-refractivity contribution in [3.05, 3.63) is 52.6 Å². The minimum atomic E-state index is -0.380. The number of amides is 2. The van der Waals surface area contributed by atoms with E-state index in [-0.39, 0.29) is 11.1 Å². The van der Waals surface area contributed by atoms with Crippen LogP contribution in [0.4, 0.5) is 4.79 Å². The van der Waals surface area contributed by atoms with Crippen LogP contribution in [-0.2, 0) is 4.79 Å². The van der Waals surface area contributed by atoms with Gasteiger partial charge >= 0.3 is 0 Å². The van der Waals surface area contributed by atoms with Gasteiger partial charge in [0.1, 0.15) is 5.76 Å². The smallest absolute Gasteiger partial charge is 0.290 e. The molecule has 1 aromatic heterocycles. The van der Waals surface area contributed by atoms with Gasteiger partial charge in [0.05, 0.1) is 4.91 Å². The van der Waals surface area contributed by atoms with Crippen molar-refractivity contribution < 1.29 is 14.0 Å². The second-order valence-corrected chi connectivity index (χ2v) is 6.52. The first-order chi connectivity index (χ1) is 10.1. The first kappa shape index (κ1) is 14.0. The van der Waals surface area contributed by atoms with Crippen LogP contribution in [0.25, 0.3) is 6.08 Å². The van der Waals surface area contributed by atoms with Crippen LogP contribution in [0.2, 0.25) is 0 Å². The molecule has 0 spiro atoms. The van der Waals surface area contributed by atoms with Gasteiger partial charge in [0.2, 0.25) is 0 Å². The Balaban J connectivity index is 1.74. The third-order valence-electron chi connectivity index (χ3n) is 2.76. The van der Waals surface area contributed by atoms with E-state index in [4.69, 9.17) is 4.42 Å². The molecule has 0 bridgehead atoms. The van der Waals surface area contributed by atoms with Crippen molar-refractivity contribution in [2.45, 2.75) is 16.9 Å². The van der Waals surface area contributed by atoms with E-state index in [2.05, 4.69) is 5.32 Å². The molecule has 1 fully saturated rings. The number of carbonyl (C=O) groups is 2. The maximum Gasteiger partial charge on any atom is 0.290 e. The van der Waals surface area contributed by atoms with Crippen molar-refractivity contribution in [3.63, 3.8) is 0 Å². The quantitative estimate of drug-likeness (QED) is 0.865. The van der Waals surface area contributed by atoms with Crippen molar-refractivity contribution in [2.24, 2.45) is 0 Å². The van der Waals surface area contributed by atoms with Gasteiger partial charge in [0.25, 0.3) is 11.1 Å². The Morgan fingerprint density at radius 1 is 1.14 bits per heavy atom. The lowest BCUT2D eigenvalue weighted by molar-refractivity contribution is -0.115. The summed E-state index contributed by atoms with van der Waals surface area (Å²) < 4.78 is 5.65. The Labute approximate surface area is 130 Å². The summed E-state index contributed by atoms with van der Waals surface area (Å²) in [5, 5.41) is 2.59. The molecule has 2 heterocycles. The number of imide groups is 1. The standard InChI is InChI=1S/C15H11NO3S2/c1-9-2-5-11(6-3-9)20-13-7-4-10(19-13)8-12-14(17)16-15(18)21-12/h2-8H,1H3,(H,16,17,18)/b12-8-. The van der Waals surface area contributed by atoms with Crippen molar-refractivity contribution >= 4 is 40.7 Å². The molecular weight excluding hydrogens is 306 g/mol. The lowest BCUT2D eigenvalue weighted by Gasteiger charge is -1.98. The summed E-state index contributed by atoms with van der Waals surface area (Å²) in [6.45, 7) is 2.04. The van der Waals surface area contributed by atoms with Gasteiger partial charge in [-0.1, -0.05) is 29.5 Å². The number of hydrogen-bond acceptors (Lipinski definition) is 5. The zero-order valence-electron chi connectivity index (χ0n) is 11.1. The third-order valence-corrected chi connectivity index (χ3v) is 4.50. The summed E-state index contributed by atoms with van der Waals surface area (Å²) in [6, 6.07) is 11.8. The van der Waals surface area contributed by atoms with Crippen LogP contribution in [0, 0.1) is 6.92 Å². The molecule has 1 N–H and O–H groups in total. The first-order valence-electron chi connectivity index (χ1n) is 6.19. The molecule has 2 amide bonds. The summed E-state index contributed by atoms with van der Waals surface area (Å²) in [5.41, 5.74) is 1.21. The maximum atomic E-state index is 11.5. The number of thioether (sulfide) groups is 1. The van der Waals surface area contributed by atoms with Crippen LogP contribution in [0.3, 0.4) is 0 Å². The molecule has 0 unspecified atom stereocenters. The molecule has 21 heavy (non-hydrogen) atoms. The van der Waals surface area contributed by atoms with Crippen molar-refractivity contribution in [1.82, 2.24) is 5.32 Å². The summed E-state index contributed by atoms with van der Waals surface area (Å²) in [7, 11) is 0. The number of benzene rings is 1. The van der Waals surface area contributed by atoms with Gasteiger partial charge in [-0.3, -0.25) is 14.9 Å². The summed E-state index contributed by atoms with van der Waals surface area (Å²) in [4.78, 5) is 24.0. The van der Waals surface area contributed by atoms with E-state index in [9.17, 15) is 9.59 Å². The minimum absolute atomic E-state index is 0.348. The molecular formula is C15H11NO3S2. The molecule has 0 radical (unpaired) electrons. The monoisotopic (exact) mass is 317 g/mol. The van der Waals surface area contributed by atoms with Crippen LogP contribution < -0.4 is 5.32 Å². The Bertz CT molecular complexity index is 732. The SMILES string of the molecule is Cc1ccc(Sc2ccc(/C=C3\SC(=O)NC3=O)o2)cc1. The van der Waals surface area contributed by atoms with Gasteiger partial charge in [-0.05, 0) is 43.0 Å². The molecule has 1 aliphatic heterocycles. The highest BCUT2D eigenvalue weighted by Gasteiger charge is 2.25. The molecule has 106 valence electrons. The molecule has 4 nitrogen and oxygen atoms in total. The molecule has 0 saturated carbocycles. The molecule has 1 aromatic carbocycles. The van der Waals surface area contributed by atoms with Gasteiger partial charge in [0.15, 0.2) is 5.09 Å². The van der Waals surface area contributed by atoms with Crippen molar-refractivity contribution in [3.8, 4) is 0 Å². The minimum Gasteiger partial charge on any atom is -0.450 e. The lowest BCUT2D eigenvalue weighted by atomic mass is 10.2. The summed E-state index contributed by atoms with van der Waals surface area (Å²) in [6.07, 6.45) is 1.57. The fourth-order valence-corrected chi connectivity index (χ4v) is 3.18. The summed E-state index contributed by atoms with van der Waals surface area (Å²) >= 11 is 2.38. The Morgan fingerprint density at radius 3 is 2.57 bits per heavy atom. The highest BCUT2D eigenvalue weighted by molar-refractivity contribution is 8.18. The number of aryl methyl sites for hydroxylation is 1. The molecule has 2 aromatic rings. The van der Waals surface area contributed by atoms with Gasteiger partial charge in [-0.25, -0.2) is 0 Å². The highest BCUT2D eigenvalue weighted by Crippen LogP contribution is 2.31. The van der Waals surface area contributed by atoms with Crippen LogP contribution in [0.15, 0.2) is 55.7 Å². The Hall–Kier alpha value is -1.92. The van der Waals surface area contributed by atoms with E-state index in [0.717, 1.165) is 21.7 Å². The van der Waals surface area contributed by atoms with Crippen molar-refractivity contribution in [1.29, 1.82) is 0 Å². The van der Waals surface area contributed by atoms with Crippen LogP contribution >= 0.6 is 23.5 Å². The fourth-order valence-electron chi connectivity index (χ4n) is 1.74. The van der Waals surface area contributed by atoms with Crippen LogP contribution in [-0.4, -0.2) is 11.1 Å². The number of rotatable bonds is 3. The van der Waals surface area contributed by atoms with Crippen molar-refractivity contribution in [2.75, 3.05) is 0 Å². The van der Waals surface area contributed by atoms with Crippen LogP contribution in [0.5, 0.6) is 0 Å². The van der Waals surface area contributed by atoms with Gasteiger partial charge < -0.3 is 4.42 Å². The topological polar surface area (TPSA) is 59.3 Å². The van der Waals surface area contributed by atoms with E-state index >= 15 is 0 Å².